The summed E-state index contributed by atoms with van der Waals surface area (Å²) in [4.78, 5) is 4.50. The Bertz CT molecular complexity index is 568. The third kappa shape index (κ3) is 2.74. The number of alkyl halides is 1. The fraction of sp³-hybridized carbons (Fsp3) is 0.417. The minimum Gasteiger partial charge on any atom is -0.326 e. The van der Waals surface area contributed by atoms with Crippen LogP contribution in [-0.4, -0.2) is 21.1 Å². The van der Waals surface area contributed by atoms with E-state index in [1.807, 2.05) is 17.8 Å². The van der Waals surface area contributed by atoms with Crippen LogP contribution in [0.15, 0.2) is 12.1 Å². The van der Waals surface area contributed by atoms with Gasteiger partial charge >= 0.3 is 0 Å². The Labute approximate surface area is 126 Å². The van der Waals surface area contributed by atoms with Crippen LogP contribution in [0.4, 0.5) is 0 Å². The monoisotopic (exact) mass is 322 g/mol. The first kappa shape index (κ1) is 14.3. The van der Waals surface area contributed by atoms with Crippen molar-refractivity contribution in [2.75, 3.05) is 6.26 Å². The van der Waals surface area contributed by atoms with Gasteiger partial charge in [-0.25, -0.2) is 4.98 Å². The maximum absolute atomic E-state index is 6.07. The SMILES string of the molecule is CSC(C)Cn1c(CCl)nc2cc(Cl)c(Cl)cc21. The molecular formula is C12H13Cl3N2S. The van der Waals surface area contributed by atoms with Crippen molar-refractivity contribution in [3.63, 3.8) is 0 Å². The van der Waals surface area contributed by atoms with Crippen LogP contribution < -0.4 is 0 Å². The lowest BCUT2D eigenvalue weighted by molar-refractivity contribution is 0.685. The first-order valence-electron chi connectivity index (χ1n) is 5.49. The van der Waals surface area contributed by atoms with Crippen molar-refractivity contribution < 1.29 is 0 Å². The molecule has 2 rings (SSSR count). The van der Waals surface area contributed by atoms with Crippen molar-refractivity contribution >= 4 is 57.6 Å². The third-order valence-electron chi connectivity index (χ3n) is 2.83. The predicted octanol–water partition coefficient (Wildman–Crippen LogP) is 4.83. The highest BCUT2D eigenvalue weighted by atomic mass is 35.5. The zero-order valence-electron chi connectivity index (χ0n) is 10.1. The second-order valence-corrected chi connectivity index (χ2v) is 6.43. The Morgan fingerprint density at radius 3 is 2.61 bits per heavy atom. The number of imidazole rings is 1. The van der Waals surface area contributed by atoms with E-state index in [-0.39, 0.29) is 0 Å². The molecule has 0 radical (unpaired) electrons. The van der Waals surface area contributed by atoms with Crippen molar-refractivity contribution in [3.05, 3.63) is 28.0 Å². The highest BCUT2D eigenvalue weighted by molar-refractivity contribution is 7.99. The van der Waals surface area contributed by atoms with Gasteiger partial charge in [0.25, 0.3) is 0 Å². The lowest BCUT2D eigenvalue weighted by Crippen LogP contribution is -2.11. The molecule has 1 heterocycles. The van der Waals surface area contributed by atoms with Crippen molar-refractivity contribution in [1.29, 1.82) is 0 Å². The Kier molecular flexibility index (Phi) is 4.70. The molecule has 6 heteroatoms. The van der Waals surface area contributed by atoms with Gasteiger partial charge in [-0.05, 0) is 18.4 Å². The number of fused-ring (bicyclic) bond motifs is 1. The van der Waals surface area contributed by atoms with Crippen LogP contribution in [0.1, 0.15) is 12.7 Å². The molecule has 0 aliphatic carbocycles. The van der Waals surface area contributed by atoms with Crippen molar-refractivity contribution in [3.8, 4) is 0 Å². The molecule has 2 aromatic rings. The van der Waals surface area contributed by atoms with Crippen LogP contribution in [0, 0.1) is 0 Å². The maximum Gasteiger partial charge on any atom is 0.124 e. The fourth-order valence-electron chi connectivity index (χ4n) is 1.81. The van der Waals surface area contributed by atoms with E-state index < -0.39 is 0 Å². The second-order valence-electron chi connectivity index (χ2n) is 4.07. The molecule has 18 heavy (non-hydrogen) atoms. The number of aromatic nitrogens is 2. The minimum absolute atomic E-state index is 0.380. The van der Waals surface area contributed by atoms with E-state index in [4.69, 9.17) is 34.8 Å². The number of hydrogen-bond donors (Lipinski definition) is 0. The van der Waals surface area contributed by atoms with E-state index in [1.165, 1.54) is 0 Å². The van der Waals surface area contributed by atoms with Crippen LogP contribution in [0.25, 0.3) is 11.0 Å². The number of halogens is 3. The lowest BCUT2D eigenvalue weighted by atomic mass is 10.3. The summed E-state index contributed by atoms with van der Waals surface area (Å²) in [5.74, 6) is 1.23. The first-order chi connectivity index (χ1) is 8.56. The summed E-state index contributed by atoms with van der Waals surface area (Å²) >= 11 is 19.8. The fourth-order valence-corrected chi connectivity index (χ4v) is 2.63. The average Bonchev–Trinajstić information content (AvgIpc) is 2.67. The average molecular weight is 324 g/mol. The van der Waals surface area contributed by atoms with E-state index in [2.05, 4.69) is 22.7 Å². The van der Waals surface area contributed by atoms with Gasteiger partial charge in [-0.2, -0.15) is 11.8 Å². The summed E-state index contributed by atoms with van der Waals surface area (Å²) in [5.41, 5.74) is 1.83. The van der Waals surface area contributed by atoms with Crippen molar-refractivity contribution in [2.45, 2.75) is 24.6 Å². The molecule has 0 saturated carbocycles. The molecule has 2 nitrogen and oxygen atoms in total. The number of benzene rings is 1. The summed E-state index contributed by atoms with van der Waals surface area (Å²) in [6.45, 7) is 3.03. The molecule has 1 aromatic carbocycles. The highest BCUT2D eigenvalue weighted by Gasteiger charge is 2.14. The lowest BCUT2D eigenvalue weighted by Gasteiger charge is -2.12. The van der Waals surface area contributed by atoms with Gasteiger partial charge < -0.3 is 4.57 Å². The van der Waals surface area contributed by atoms with Gasteiger partial charge in [-0.15, -0.1) is 11.6 Å². The van der Waals surface area contributed by atoms with E-state index in [9.17, 15) is 0 Å². The summed E-state index contributed by atoms with van der Waals surface area (Å²) in [5, 5.41) is 1.55. The van der Waals surface area contributed by atoms with Crippen LogP contribution in [0.2, 0.25) is 10.0 Å². The van der Waals surface area contributed by atoms with Crippen molar-refractivity contribution in [2.24, 2.45) is 0 Å². The van der Waals surface area contributed by atoms with Crippen LogP contribution in [-0.2, 0) is 12.4 Å². The molecular weight excluding hydrogens is 311 g/mol. The summed E-state index contributed by atoms with van der Waals surface area (Å²) < 4.78 is 2.12. The topological polar surface area (TPSA) is 17.8 Å². The molecule has 0 bridgehead atoms. The van der Waals surface area contributed by atoms with E-state index in [0.29, 0.717) is 21.2 Å². The van der Waals surface area contributed by atoms with E-state index in [1.54, 1.807) is 6.07 Å². The predicted molar refractivity (Wildman–Crippen MR) is 82.3 cm³/mol. The second kappa shape index (κ2) is 5.91. The minimum atomic E-state index is 0.380. The summed E-state index contributed by atoms with van der Waals surface area (Å²) in [6, 6.07) is 3.64. The van der Waals surface area contributed by atoms with Gasteiger partial charge in [0.2, 0.25) is 0 Å². The van der Waals surface area contributed by atoms with E-state index >= 15 is 0 Å². The number of rotatable bonds is 4. The molecule has 0 amide bonds. The molecule has 98 valence electrons. The summed E-state index contributed by atoms with van der Waals surface area (Å²) in [6.07, 6.45) is 2.09. The highest BCUT2D eigenvalue weighted by Crippen LogP contribution is 2.29. The van der Waals surface area contributed by atoms with Gasteiger partial charge in [0, 0.05) is 11.8 Å². The number of hydrogen-bond acceptors (Lipinski definition) is 2. The zero-order chi connectivity index (χ0) is 13.3. The smallest absolute Gasteiger partial charge is 0.124 e. The van der Waals surface area contributed by atoms with Crippen LogP contribution in [0.5, 0.6) is 0 Å². The quantitative estimate of drug-likeness (QED) is 0.750. The molecule has 0 aliphatic heterocycles. The first-order valence-corrected chi connectivity index (χ1v) is 8.07. The van der Waals surface area contributed by atoms with Crippen LogP contribution in [0.3, 0.4) is 0 Å². The van der Waals surface area contributed by atoms with E-state index in [0.717, 1.165) is 23.4 Å². The Hall–Kier alpha value is -0.0900. The number of nitrogens with zero attached hydrogens (tertiary/aromatic N) is 2. The van der Waals surface area contributed by atoms with Gasteiger partial charge in [-0.1, -0.05) is 30.1 Å². The number of thioether (sulfide) groups is 1. The Morgan fingerprint density at radius 2 is 2.00 bits per heavy atom. The van der Waals surface area contributed by atoms with Gasteiger partial charge in [0.05, 0.1) is 27.0 Å². The van der Waals surface area contributed by atoms with Gasteiger partial charge in [0.15, 0.2) is 0 Å². The Morgan fingerprint density at radius 1 is 1.33 bits per heavy atom. The molecule has 0 aliphatic rings. The molecule has 1 unspecified atom stereocenters. The molecule has 0 fully saturated rings. The maximum atomic E-state index is 6.07. The van der Waals surface area contributed by atoms with Gasteiger partial charge in [0.1, 0.15) is 5.82 Å². The zero-order valence-corrected chi connectivity index (χ0v) is 13.2. The molecule has 0 spiro atoms. The molecule has 1 aromatic heterocycles. The normalized spacial score (nSPS) is 13.2. The van der Waals surface area contributed by atoms with Crippen molar-refractivity contribution in [1.82, 2.24) is 9.55 Å². The molecule has 0 N–H and O–H groups in total. The summed E-state index contributed by atoms with van der Waals surface area (Å²) in [7, 11) is 0. The standard InChI is InChI=1S/C12H13Cl3N2S/c1-7(18-2)6-17-11-4-9(15)8(14)3-10(11)16-12(17)5-13/h3-4,7H,5-6H2,1-2H3. The largest absolute Gasteiger partial charge is 0.326 e. The molecule has 0 saturated heterocycles. The third-order valence-corrected chi connectivity index (χ3v) is 4.75. The van der Waals surface area contributed by atoms with Gasteiger partial charge in [-0.3, -0.25) is 0 Å². The molecule has 1 atom stereocenters. The Balaban J connectivity index is 2.57. The van der Waals surface area contributed by atoms with Crippen LogP contribution >= 0.6 is 46.6 Å².